The standard InChI is InChI=1S/C26H16N2S4/c1-3-23(29-13-1)25-11-9-21(31-25)17-5-7-19(27-15-17)20-8-6-18(16-28-20)22-10-12-26(32-22)24-4-2-14-30-24/h1-16H. The van der Waals surface area contributed by atoms with Crippen molar-refractivity contribution in [2.24, 2.45) is 0 Å². The van der Waals surface area contributed by atoms with Crippen LogP contribution in [-0.2, 0) is 0 Å². The van der Waals surface area contributed by atoms with Gasteiger partial charge in [0.2, 0.25) is 0 Å². The lowest BCUT2D eigenvalue weighted by Crippen LogP contribution is -1.87. The normalized spacial score (nSPS) is 11.1. The van der Waals surface area contributed by atoms with E-state index in [1.54, 1.807) is 45.3 Å². The molecule has 0 saturated carbocycles. The molecule has 0 amide bonds. The number of pyridine rings is 2. The molecule has 6 rings (SSSR count). The van der Waals surface area contributed by atoms with Crippen molar-refractivity contribution >= 4 is 45.3 Å². The minimum atomic E-state index is 0.890. The largest absolute Gasteiger partial charge is 0.254 e. The Morgan fingerprint density at radius 2 is 0.906 bits per heavy atom. The van der Waals surface area contributed by atoms with Gasteiger partial charge in [-0.15, -0.1) is 45.3 Å². The highest BCUT2D eigenvalue weighted by Crippen LogP contribution is 2.38. The Morgan fingerprint density at radius 1 is 0.438 bits per heavy atom. The molecule has 0 aliphatic heterocycles. The maximum Gasteiger partial charge on any atom is 0.0886 e. The Labute approximate surface area is 202 Å². The molecule has 2 nitrogen and oxygen atoms in total. The van der Waals surface area contributed by atoms with E-state index in [0.717, 1.165) is 22.5 Å². The molecule has 6 aromatic heterocycles. The van der Waals surface area contributed by atoms with Crippen LogP contribution in [0, 0.1) is 0 Å². The number of aromatic nitrogens is 2. The van der Waals surface area contributed by atoms with E-state index in [1.165, 1.54) is 29.3 Å². The molecular formula is C26H16N2S4. The molecule has 0 spiro atoms. The summed E-state index contributed by atoms with van der Waals surface area (Å²) in [6.45, 7) is 0. The van der Waals surface area contributed by atoms with Gasteiger partial charge in [0, 0.05) is 52.8 Å². The summed E-state index contributed by atoms with van der Waals surface area (Å²) >= 11 is 7.15. The van der Waals surface area contributed by atoms with Crippen LogP contribution in [0.1, 0.15) is 0 Å². The van der Waals surface area contributed by atoms with E-state index in [9.17, 15) is 0 Å². The number of thiophene rings is 4. The molecule has 6 heterocycles. The molecule has 0 fully saturated rings. The molecule has 154 valence electrons. The zero-order valence-corrected chi connectivity index (χ0v) is 20.0. The van der Waals surface area contributed by atoms with Gasteiger partial charge in [0.15, 0.2) is 0 Å². The first-order valence-electron chi connectivity index (χ1n) is 10.0. The van der Waals surface area contributed by atoms with Crippen molar-refractivity contribution in [2.45, 2.75) is 0 Å². The molecule has 32 heavy (non-hydrogen) atoms. The fourth-order valence-electron chi connectivity index (χ4n) is 3.47. The van der Waals surface area contributed by atoms with Gasteiger partial charge in [-0.1, -0.05) is 12.1 Å². The summed E-state index contributed by atoms with van der Waals surface area (Å²) in [5, 5.41) is 4.23. The first-order chi connectivity index (χ1) is 15.8. The van der Waals surface area contributed by atoms with Crippen LogP contribution in [0.5, 0.6) is 0 Å². The van der Waals surface area contributed by atoms with Crippen LogP contribution in [0.25, 0.3) is 51.8 Å². The van der Waals surface area contributed by atoms with E-state index in [2.05, 4.69) is 93.5 Å². The molecular weight excluding hydrogens is 469 g/mol. The van der Waals surface area contributed by atoms with Gasteiger partial charge in [0.1, 0.15) is 0 Å². The summed E-state index contributed by atoms with van der Waals surface area (Å²) in [5.41, 5.74) is 4.05. The van der Waals surface area contributed by atoms with Crippen LogP contribution in [-0.4, -0.2) is 9.97 Å². The molecule has 0 unspecified atom stereocenters. The molecule has 6 heteroatoms. The van der Waals surface area contributed by atoms with Gasteiger partial charge in [-0.25, -0.2) is 0 Å². The van der Waals surface area contributed by atoms with E-state index < -0.39 is 0 Å². The Kier molecular flexibility index (Phi) is 5.29. The first-order valence-corrected chi connectivity index (χ1v) is 13.4. The van der Waals surface area contributed by atoms with Gasteiger partial charge < -0.3 is 0 Å². The zero-order chi connectivity index (χ0) is 21.3. The molecule has 6 aromatic rings. The predicted molar refractivity (Wildman–Crippen MR) is 141 cm³/mol. The Morgan fingerprint density at radius 3 is 1.28 bits per heavy atom. The number of hydrogen-bond acceptors (Lipinski definition) is 6. The van der Waals surface area contributed by atoms with Crippen molar-refractivity contribution < 1.29 is 0 Å². The second-order valence-corrected chi connectivity index (χ2v) is 11.2. The summed E-state index contributed by atoms with van der Waals surface area (Å²) < 4.78 is 0. The lowest BCUT2D eigenvalue weighted by Gasteiger charge is -2.03. The maximum atomic E-state index is 4.69. The van der Waals surface area contributed by atoms with Crippen molar-refractivity contribution in [3.63, 3.8) is 0 Å². The van der Waals surface area contributed by atoms with Gasteiger partial charge in [-0.05, 0) is 71.4 Å². The summed E-state index contributed by atoms with van der Waals surface area (Å²) in [6.07, 6.45) is 3.89. The summed E-state index contributed by atoms with van der Waals surface area (Å²) in [4.78, 5) is 17.1. The Balaban J connectivity index is 1.21. The summed E-state index contributed by atoms with van der Waals surface area (Å²) in [7, 11) is 0. The topological polar surface area (TPSA) is 25.8 Å². The molecule has 0 atom stereocenters. The summed E-state index contributed by atoms with van der Waals surface area (Å²) in [6, 6.07) is 25.6. The van der Waals surface area contributed by atoms with Crippen LogP contribution in [0.2, 0.25) is 0 Å². The van der Waals surface area contributed by atoms with E-state index in [4.69, 9.17) is 0 Å². The number of hydrogen-bond donors (Lipinski definition) is 0. The summed E-state index contributed by atoms with van der Waals surface area (Å²) in [5.74, 6) is 0. The van der Waals surface area contributed by atoms with Crippen molar-refractivity contribution in [2.75, 3.05) is 0 Å². The third-order valence-corrected chi connectivity index (χ3v) is 9.50. The SMILES string of the molecule is c1csc(-c2ccc(-c3ccc(-c4ccc(-c5ccc(-c6cccs6)s5)cn4)nc3)s2)c1. The second kappa shape index (κ2) is 8.56. The van der Waals surface area contributed by atoms with E-state index >= 15 is 0 Å². The average molecular weight is 485 g/mol. The lowest BCUT2D eigenvalue weighted by atomic mass is 10.1. The molecule has 0 radical (unpaired) electrons. The van der Waals surface area contributed by atoms with Crippen molar-refractivity contribution in [1.29, 1.82) is 0 Å². The highest BCUT2D eigenvalue weighted by molar-refractivity contribution is 7.23. The highest BCUT2D eigenvalue weighted by Gasteiger charge is 2.09. The molecule has 0 aromatic carbocycles. The fourth-order valence-corrected chi connectivity index (χ4v) is 7.13. The highest BCUT2D eigenvalue weighted by atomic mass is 32.1. The predicted octanol–water partition coefficient (Wildman–Crippen LogP) is 9.06. The fraction of sp³-hybridized carbons (Fsp3) is 0. The van der Waals surface area contributed by atoms with E-state index in [-0.39, 0.29) is 0 Å². The number of rotatable bonds is 5. The van der Waals surface area contributed by atoms with E-state index in [0.29, 0.717) is 0 Å². The first kappa shape index (κ1) is 19.8. The zero-order valence-electron chi connectivity index (χ0n) is 16.8. The second-order valence-electron chi connectivity index (χ2n) is 7.15. The molecule has 0 aliphatic rings. The van der Waals surface area contributed by atoms with Gasteiger partial charge in [0.05, 0.1) is 11.4 Å². The minimum Gasteiger partial charge on any atom is -0.254 e. The van der Waals surface area contributed by atoms with Gasteiger partial charge >= 0.3 is 0 Å². The lowest BCUT2D eigenvalue weighted by molar-refractivity contribution is 1.25. The van der Waals surface area contributed by atoms with Crippen LogP contribution in [0.4, 0.5) is 0 Å². The molecule has 0 bridgehead atoms. The van der Waals surface area contributed by atoms with Crippen molar-refractivity contribution in [3.05, 3.63) is 96.0 Å². The van der Waals surface area contributed by atoms with Crippen molar-refractivity contribution in [3.8, 4) is 51.8 Å². The molecule has 0 aliphatic carbocycles. The minimum absolute atomic E-state index is 0.890. The number of nitrogens with zero attached hydrogens (tertiary/aromatic N) is 2. The average Bonchev–Trinajstić information content (AvgIpc) is 3.66. The Hall–Kier alpha value is -2.90. The van der Waals surface area contributed by atoms with E-state index in [1.807, 2.05) is 12.4 Å². The molecule has 0 saturated heterocycles. The quantitative estimate of drug-likeness (QED) is 0.244. The Bertz CT molecular complexity index is 1330. The monoisotopic (exact) mass is 484 g/mol. The third kappa shape index (κ3) is 3.87. The van der Waals surface area contributed by atoms with Gasteiger partial charge in [-0.3, -0.25) is 9.97 Å². The maximum absolute atomic E-state index is 4.69. The van der Waals surface area contributed by atoms with Crippen LogP contribution < -0.4 is 0 Å². The van der Waals surface area contributed by atoms with Gasteiger partial charge in [-0.2, -0.15) is 0 Å². The third-order valence-electron chi connectivity index (χ3n) is 5.10. The smallest absolute Gasteiger partial charge is 0.0886 e. The van der Waals surface area contributed by atoms with Crippen LogP contribution >= 0.6 is 45.3 Å². The molecule has 0 N–H and O–H groups in total. The van der Waals surface area contributed by atoms with Gasteiger partial charge in [0.25, 0.3) is 0 Å². The van der Waals surface area contributed by atoms with Crippen molar-refractivity contribution in [1.82, 2.24) is 9.97 Å². The van der Waals surface area contributed by atoms with Crippen LogP contribution in [0.3, 0.4) is 0 Å². The van der Waals surface area contributed by atoms with Crippen LogP contribution in [0.15, 0.2) is 96.0 Å².